The number of carbonyl (C=O) groups excluding carboxylic acids is 1. The molecule has 1 aliphatic rings. The second-order valence-corrected chi connectivity index (χ2v) is 8.63. The van der Waals surface area contributed by atoms with Crippen LogP contribution in [0.5, 0.6) is 11.5 Å². The SMILES string of the molecule is CC(=O)c1c(OCCN2CCOCC2)c(OCC[C@@H](C)c2ccccc2)c2occc2c1C. The average Bonchev–Trinajstić information content (AvgIpc) is 3.32. The summed E-state index contributed by atoms with van der Waals surface area (Å²) in [4.78, 5) is 14.9. The number of aryl methyl sites for hydroxylation is 1. The lowest BCUT2D eigenvalue weighted by atomic mass is 9.98. The van der Waals surface area contributed by atoms with Gasteiger partial charge in [0.25, 0.3) is 0 Å². The van der Waals surface area contributed by atoms with E-state index in [2.05, 4.69) is 36.1 Å². The van der Waals surface area contributed by atoms with Crippen LogP contribution in [0.25, 0.3) is 11.0 Å². The van der Waals surface area contributed by atoms with E-state index in [0.29, 0.717) is 41.8 Å². The number of rotatable bonds is 10. The van der Waals surface area contributed by atoms with Gasteiger partial charge in [-0.25, -0.2) is 0 Å². The maximum absolute atomic E-state index is 12.6. The van der Waals surface area contributed by atoms with Crippen LogP contribution in [0.1, 0.15) is 47.7 Å². The van der Waals surface area contributed by atoms with Gasteiger partial charge in [-0.15, -0.1) is 0 Å². The Morgan fingerprint density at radius 2 is 1.79 bits per heavy atom. The Morgan fingerprint density at radius 3 is 2.52 bits per heavy atom. The topological polar surface area (TPSA) is 61.1 Å². The summed E-state index contributed by atoms with van der Waals surface area (Å²) in [7, 11) is 0. The lowest BCUT2D eigenvalue weighted by Crippen LogP contribution is -2.38. The standard InChI is InChI=1S/C27H33NO5/c1-19(22-7-5-4-6-8-22)9-14-32-27-25-23(10-15-31-25)20(2)24(21(3)29)26(27)33-18-13-28-11-16-30-17-12-28/h4-8,10,15,19H,9,11-14,16-18H2,1-3H3/t19-/m1/s1. The van der Waals surface area contributed by atoms with E-state index in [9.17, 15) is 4.79 Å². The molecule has 6 nitrogen and oxygen atoms in total. The Bertz CT molecular complexity index is 1070. The van der Waals surface area contributed by atoms with Gasteiger partial charge in [-0.05, 0) is 43.4 Å². The van der Waals surface area contributed by atoms with Crippen LogP contribution < -0.4 is 9.47 Å². The van der Waals surface area contributed by atoms with E-state index in [1.807, 2.05) is 19.1 Å². The molecule has 1 atom stereocenters. The summed E-state index contributed by atoms with van der Waals surface area (Å²) in [5, 5.41) is 0.881. The molecule has 6 heteroatoms. The number of hydrogen-bond acceptors (Lipinski definition) is 6. The van der Waals surface area contributed by atoms with Gasteiger partial charge < -0.3 is 18.6 Å². The first-order chi connectivity index (χ1) is 16.1. The highest BCUT2D eigenvalue weighted by atomic mass is 16.5. The van der Waals surface area contributed by atoms with Crippen molar-refractivity contribution in [3.8, 4) is 11.5 Å². The van der Waals surface area contributed by atoms with Crippen LogP contribution in [0.15, 0.2) is 47.1 Å². The number of ether oxygens (including phenoxy) is 3. The number of furan rings is 1. The molecule has 0 radical (unpaired) electrons. The summed E-state index contributed by atoms with van der Waals surface area (Å²) in [5.41, 5.74) is 3.33. The van der Waals surface area contributed by atoms with Gasteiger partial charge >= 0.3 is 0 Å². The van der Waals surface area contributed by atoms with E-state index in [1.165, 1.54) is 5.56 Å². The van der Waals surface area contributed by atoms with Gasteiger partial charge in [0.15, 0.2) is 17.1 Å². The molecule has 1 aromatic heterocycles. The molecule has 1 aliphatic heterocycles. The molecule has 176 valence electrons. The minimum absolute atomic E-state index is 0.0422. The molecule has 0 N–H and O–H groups in total. The Hall–Kier alpha value is -2.83. The van der Waals surface area contributed by atoms with Gasteiger partial charge in [-0.1, -0.05) is 37.3 Å². The van der Waals surface area contributed by atoms with Crippen molar-refractivity contribution in [2.75, 3.05) is 46.1 Å². The third-order valence-electron chi connectivity index (χ3n) is 6.36. The lowest BCUT2D eigenvalue weighted by molar-refractivity contribution is 0.0320. The molecule has 4 rings (SSSR count). The Kier molecular flexibility index (Phi) is 7.68. The van der Waals surface area contributed by atoms with Crippen molar-refractivity contribution in [3.05, 3.63) is 59.4 Å². The van der Waals surface area contributed by atoms with E-state index < -0.39 is 0 Å². The summed E-state index contributed by atoms with van der Waals surface area (Å²) in [6.07, 6.45) is 2.47. The summed E-state index contributed by atoms with van der Waals surface area (Å²) in [6, 6.07) is 12.3. The highest BCUT2D eigenvalue weighted by Gasteiger charge is 2.25. The quantitative estimate of drug-likeness (QED) is 0.394. The average molecular weight is 452 g/mol. The molecule has 0 saturated carbocycles. The van der Waals surface area contributed by atoms with Crippen LogP contribution in [0.2, 0.25) is 0 Å². The second-order valence-electron chi connectivity index (χ2n) is 8.63. The molecule has 0 aliphatic carbocycles. The van der Waals surface area contributed by atoms with Crippen LogP contribution in [-0.4, -0.2) is 56.7 Å². The minimum atomic E-state index is -0.0422. The zero-order chi connectivity index (χ0) is 23.2. The fourth-order valence-corrected chi connectivity index (χ4v) is 4.38. The molecule has 33 heavy (non-hydrogen) atoms. The molecule has 2 heterocycles. The molecule has 2 aromatic carbocycles. The fourth-order valence-electron chi connectivity index (χ4n) is 4.38. The first kappa shape index (κ1) is 23.3. The maximum Gasteiger partial charge on any atom is 0.205 e. The molecule has 0 unspecified atom stereocenters. The van der Waals surface area contributed by atoms with Crippen LogP contribution in [0.4, 0.5) is 0 Å². The smallest absolute Gasteiger partial charge is 0.205 e. The molecule has 0 amide bonds. The largest absolute Gasteiger partial charge is 0.487 e. The van der Waals surface area contributed by atoms with Gasteiger partial charge in [-0.2, -0.15) is 0 Å². The molecular formula is C27H33NO5. The van der Waals surface area contributed by atoms with Crippen molar-refractivity contribution in [2.45, 2.75) is 33.1 Å². The molecule has 1 saturated heterocycles. The number of morpholine rings is 1. The first-order valence-corrected chi connectivity index (χ1v) is 11.7. The van der Waals surface area contributed by atoms with Crippen LogP contribution in [0, 0.1) is 6.92 Å². The summed E-state index contributed by atoms with van der Waals surface area (Å²) >= 11 is 0. The first-order valence-electron chi connectivity index (χ1n) is 11.7. The number of benzene rings is 2. The molecular weight excluding hydrogens is 418 g/mol. The maximum atomic E-state index is 12.6. The number of hydrogen-bond donors (Lipinski definition) is 0. The predicted molar refractivity (Wildman–Crippen MR) is 129 cm³/mol. The zero-order valence-corrected chi connectivity index (χ0v) is 19.8. The summed E-state index contributed by atoms with van der Waals surface area (Å²) in [6.45, 7) is 10.7. The number of Topliss-reactive ketones (excluding diaryl/α,β-unsaturated/α-hetero) is 1. The normalized spacial score (nSPS) is 15.5. The molecule has 0 spiro atoms. The molecule has 0 bridgehead atoms. The van der Waals surface area contributed by atoms with Gasteiger partial charge in [0, 0.05) is 25.0 Å². The monoisotopic (exact) mass is 451 g/mol. The highest BCUT2D eigenvalue weighted by Crippen LogP contribution is 2.43. The lowest BCUT2D eigenvalue weighted by Gasteiger charge is -2.27. The van der Waals surface area contributed by atoms with Crippen molar-refractivity contribution in [2.24, 2.45) is 0 Å². The van der Waals surface area contributed by atoms with Gasteiger partial charge in [0.2, 0.25) is 5.75 Å². The minimum Gasteiger partial charge on any atom is -0.487 e. The number of carbonyl (C=O) groups is 1. The van der Waals surface area contributed by atoms with Gasteiger partial charge in [0.1, 0.15) is 6.61 Å². The Morgan fingerprint density at radius 1 is 1.06 bits per heavy atom. The second kappa shape index (κ2) is 10.9. The van der Waals surface area contributed by atoms with Crippen molar-refractivity contribution < 1.29 is 23.4 Å². The van der Waals surface area contributed by atoms with Crippen LogP contribution >= 0.6 is 0 Å². The van der Waals surface area contributed by atoms with Crippen LogP contribution in [0.3, 0.4) is 0 Å². The van der Waals surface area contributed by atoms with E-state index in [-0.39, 0.29) is 5.78 Å². The van der Waals surface area contributed by atoms with Crippen LogP contribution in [-0.2, 0) is 4.74 Å². The van der Waals surface area contributed by atoms with E-state index in [0.717, 1.165) is 50.2 Å². The number of ketones is 1. The summed E-state index contributed by atoms with van der Waals surface area (Å²) < 4.78 is 23.8. The number of nitrogens with zero attached hydrogens (tertiary/aromatic N) is 1. The van der Waals surface area contributed by atoms with E-state index in [4.69, 9.17) is 18.6 Å². The predicted octanol–water partition coefficient (Wildman–Crippen LogP) is 5.23. The summed E-state index contributed by atoms with van der Waals surface area (Å²) in [5.74, 6) is 1.32. The molecule has 1 fully saturated rings. The van der Waals surface area contributed by atoms with Crippen molar-refractivity contribution >= 4 is 16.8 Å². The van der Waals surface area contributed by atoms with Crippen molar-refractivity contribution in [3.63, 3.8) is 0 Å². The van der Waals surface area contributed by atoms with Gasteiger partial charge in [-0.3, -0.25) is 9.69 Å². The fraction of sp³-hybridized carbons (Fsp3) is 0.444. The van der Waals surface area contributed by atoms with Crippen molar-refractivity contribution in [1.29, 1.82) is 0 Å². The Balaban J connectivity index is 1.56. The Labute approximate surface area is 195 Å². The molecule has 3 aromatic rings. The van der Waals surface area contributed by atoms with Crippen molar-refractivity contribution in [1.82, 2.24) is 4.90 Å². The van der Waals surface area contributed by atoms with E-state index in [1.54, 1.807) is 13.2 Å². The number of fused-ring (bicyclic) bond motifs is 1. The van der Waals surface area contributed by atoms with Gasteiger partial charge in [0.05, 0.1) is 31.6 Å². The highest BCUT2D eigenvalue weighted by molar-refractivity contribution is 6.05. The third-order valence-corrected chi connectivity index (χ3v) is 6.36. The van der Waals surface area contributed by atoms with E-state index >= 15 is 0 Å². The zero-order valence-electron chi connectivity index (χ0n) is 19.8. The third kappa shape index (κ3) is 5.40.